The molecule has 4 aliphatic rings. The Morgan fingerprint density at radius 1 is 1.19 bits per heavy atom. The SMILES string of the molecule is CCCn1c(=O)n(CC(C)=O)c(=O)c2[nH]c(C34CC5CC(CC3C5)C4)nc21. The van der Waals surface area contributed by atoms with Crippen LogP contribution in [0, 0.1) is 17.8 Å². The Kier molecular flexibility index (Phi) is 3.55. The maximum atomic E-state index is 13.0. The number of hydrogen-bond donors (Lipinski definition) is 1. The van der Waals surface area contributed by atoms with Crippen molar-refractivity contribution in [3.05, 3.63) is 26.7 Å². The molecule has 0 amide bonds. The van der Waals surface area contributed by atoms with Crippen molar-refractivity contribution < 1.29 is 4.79 Å². The first-order valence-electron chi connectivity index (χ1n) is 10.2. The van der Waals surface area contributed by atoms with Crippen LogP contribution in [-0.4, -0.2) is 24.9 Å². The second kappa shape index (κ2) is 5.66. The molecule has 4 bridgehead atoms. The van der Waals surface area contributed by atoms with E-state index in [1.54, 1.807) is 4.57 Å². The largest absolute Gasteiger partial charge is 0.336 e. The van der Waals surface area contributed by atoms with E-state index in [0.717, 1.165) is 41.5 Å². The average molecular weight is 370 g/mol. The summed E-state index contributed by atoms with van der Waals surface area (Å²) in [4.78, 5) is 45.6. The summed E-state index contributed by atoms with van der Waals surface area (Å²) in [7, 11) is 0. The average Bonchev–Trinajstić information content (AvgIpc) is 3.23. The summed E-state index contributed by atoms with van der Waals surface area (Å²) in [5.41, 5.74) is 0.0299. The lowest BCUT2D eigenvalue weighted by Crippen LogP contribution is -2.41. The van der Waals surface area contributed by atoms with Gasteiger partial charge in [-0.2, -0.15) is 0 Å². The van der Waals surface area contributed by atoms with Crippen LogP contribution in [0.4, 0.5) is 0 Å². The maximum Gasteiger partial charge on any atom is 0.333 e. The third-order valence-electron chi connectivity index (χ3n) is 7.15. The van der Waals surface area contributed by atoms with Crippen LogP contribution in [-0.2, 0) is 23.3 Å². The fourth-order valence-electron chi connectivity index (χ4n) is 6.37. The first-order chi connectivity index (χ1) is 12.9. The topological polar surface area (TPSA) is 89.8 Å². The highest BCUT2D eigenvalue weighted by molar-refractivity contribution is 5.76. The predicted octanol–water partition coefficient (Wildman–Crippen LogP) is 1.96. The van der Waals surface area contributed by atoms with E-state index in [4.69, 9.17) is 4.98 Å². The number of aryl methyl sites for hydroxylation is 1. The van der Waals surface area contributed by atoms with E-state index in [-0.39, 0.29) is 17.7 Å². The number of carbonyl (C=O) groups excluding carboxylic acids is 1. The molecule has 4 saturated carbocycles. The van der Waals surface area contributed by atoms with Gasteiger partial charge in [0, 0.05) is 12.0 Å². The summed E-state index contributed by atoms with van der Waals surface area (Å²) < 4.78 is 2.62. The fourth-order valence-corrected chi connectivity index (χ4v) is 6.37. The number of imidazole rings is 1. The lowest BCUT2D eigenvalue weighted by Gasteiger charge is -2.30. The van der Waals surface area contributed by atoms with Crippen molar-refractivity contribution in [2.24, 2.45) is 17.8 Å². The first-order valence-corrected chi connectivity index (χ1v) is 10.2. The highest BCUT2D eigenvalue weighted by atomic mass is 16.2. The fraction of sp³-hybridized carbons (Fsp3) is 0.700. The third kappa shape index (κ3) is 2.26. The van der Waals surface area contributed by atoms with Crippen molar-refractivity contribution in [2.75, 3.05) is 0 Å². The lowest BCUT2D eigenvalue weighted by atomic mass is 9.75. The van der Waals surface area contributed by atoms with Crippen molar-refractivity contribution in [3.63, 3.8) is 0 Å². The van der Waals surface area contributed by atoms with Crippen LogP contribution in [0.1, 0.15) is 58.2 Å². The number of rotatable bonds is 5. The molecule has 0 saturated heterocycles. The van der Waals surface area contributed by atoms with Gasteiger partial charge in [-0.25, -0.2) is 9.78 Å². The van der Waals surface area contributed by atoms with Gasteiger partial charge in [-0.15, -0.1) is 0 Å². The number of ketones is 1. The maximum absolute atomic E-state index is 13.0. The number of Topliss-reactive ketones (excluding diaryl/α,β-unsaturated/α-hetero) is 1. The van der Waals surface area contributed by atoms with Gasteiger partial charge < -0.3 is 4.98 Å². The monoisotopic (exact) mass is 370 g/mol. The minimum absolute atomic E-state index is 0.0531. The number of nitrogens with zero attached hydrogens (tertiary/aromatic N) is 3. The molecule has 2 aromatic heterocycles. The quantitative estimate of drug-likeness (QED) is 0.871. The van der Waals surface area contributed by atoms with Gasteiger partial charge in [0.25, 0.3) is 5.56 Å². The third-order valence-corrected chi connectivity index (χ3v) is 7.15. The van der Waals surface area contributed by atoms with Crippen LogP contribution < -0.4 is 11.2 Å². The number of aromatic amines is 1. The molecule has 0 spiro atoms. The summed E-state index contributed by atoms with van der Waals surface area (Å²) in [5.74, 6) is 2.90. The molecular formula is C20H26N4O3. The highest BCUT2D eigenvalue weighted by Crippen LogP contribution is 2.65. The van der Waals surface area contributed by atoms with Gasteiger partial charge in [0.05, 0.1) is 6.54 Å². The molecule has 0 aliphatic heterocycles. The Labute approximate surface area is 156 Å². The van der Waals surface area contributed by atoms with Crippen LogP contribution in [0.25, 0.3) is 11.2 Å². The molecule has 7 heteroatoms. The molecule has 7 nitrogen and oxygen atoms in total. The van der Waals surface area contributed by atoms with Crippen LogP contribution in [0.5, 0.6) is 0 Å². The van der Waals surface area contributed by atoms with Gasteiger partial charge in [0.15, 0.2) is 5.65 Å². The molecule has 1 N–H and O–H groups in total. The van der Waals surface area contributed by atoms with E-state index in [1.807, 2.05) is 6.92 Å². The van der Waals surface area contributed by atoms with E-state index in [9.17, 15) is 14.4 Å². The van der Waals surface area contributed by atoms with E-state index in [2.05, 4.69) is 4.98 Å². The van der Waals surface area contributed by atoms with Crippen LogP contribution >= 0.6 is 0 Å². The predicted molar refractivity (Wildman–Crippen MR) is 101 cm³/mol. The van der Waals surface area contributed by atoms with Gasteiger partial charge in [0.2, 0.25) is 0 Å². The molecule has 2 atom stereocenters. The minimum atomic E-state index is -0.433. The molecule has 6 rings (SSSR count). The molecule has 2 unspecified atom stereocenters. The normalized spacial score (nSPS) is 31.3. The van der Waals surface area contributed by atoms with Crippen LogP contribution in [0.3, 0.4) is 0 Å². The number of carbonyl (C=O) groups is 1. The van der Waals surface area contributed by atoms with Crippen molar-refractivity contribution >= 4 is 16.9 Å². The molecule has 27 heavy (non-hydrogen) atoms. The summed E-state index contributed by atoms with van der Waals surface area (Å²) >= 11 is 0. The molecule has 2 heterocycles. The Balaban J connectivity index is 1.73. The standard InChI is InChI=1S/C20H26N4O3/c1-3-4-23-16-15(17(26)24(19(23)27)10-11(2)25)21-18(22-16)20-8-12-5-13(9-20)7-14(20)6-12/h12-14H,3-10H2,1-2H3,(H,21,22). The molecule has 0 aromatic carbocycles. The number of fused-ring (bicyclic) bond motifs is 1. The smallest absolute Gasteiger partial charge is 0.333 e. The molecular weight excluding hydrogens is 344 g/mol. The Morgan fingerprint density at radius 2 is 1.89 bits per heavy atom. The first kappa shape index (κ1) is 17.0. The zero-order chi connectivity index (χ0) is 18.9. The van der Waals surface area contributed by atoms with Crippen molar-refractivity contribution in [1.82, 2.24) is 19.1 Å². The highest BCUT2D eigenvalue weighted by Gasteiger charge is 2.59. The van der Waals surface area contributed by atoms with E-state index < -0.39 is 11.2 Å². The molecule has 2 aromatic rings. The molecule has 0 radical (unpaired) electrons. The second-order valence-corrected chi connectivity index (χ2v) is 9.01. The van der Waals surface area contributed by atoms with Gasteiger partial charge in [-0.3, -0.25) is 18.7 Å². The van der Waals surface area contributed by atoms with Gasteiger partial charge in [-0.05, 0) is 63.2 Å². The summed E-state index contributed by atoms with van der Waals surface area (Å²) in [6, 6.07) is 0. The minimum Gasteiger partial charge on any atom is -0.336 e. The zero-order valence-electron chi connectivity index (χ0n) is 16.0. The Morgan fingerprint density at radius 3 is 2.52 bits per heavy atom. The van der Waals surface area contributed by atoms with Crippen molar-refractivity contribution in [3.8, 4) is 0 Å². The van der Waals surface area contributed by atoms with Gasteiger partial charge >= 0.3 is 5.69 Å². The number of nitrogens with one attached hydrogen (secondary N) is 1. The van der Waals surface area contributed by atoms with Crippen molar-refractivity contribution in [2.45, 2.75) is 70.9 Å². The molecule has 144 valence electrons. The van der Waals surface area contributed by atoms with E-state index in [0.29, 0.717) is 23.6 Å². The summed E-state index contributed by atoms with van der Waals surface area (Å²) in [5, 5.41) is 0. The summed E-state index contributed by atoms with van der Waals surface area (Å²) in [6.07, 6.45) is 6.92. The zero-order valence-corrected chi connectivity index (χ0v) is 16.0. The molecule has 4 fully saturated rings. The van der Waals surface area contributed by atoms with E-state index in [1.165, 1.54) is 26.2 Å². The number of hydrogen-bond acceptors (Lipinski definition) is 4. The van der Waals surface area contributed by atoms with Crippen LogP contribution in [0.2, 0.25) is 0 Å². The Bertz CT molecular complexity index is 1050. The Hall–Kier alpha value is -2.18. The molecule has 4 aliphatic carbocycles. The summed E-state index contributed by atoms with van der Waals surface area (Å²) in [6.45, 7) is 3.68. The van der Waals surface area contributed by atoms with Gasteiger partial charge in [0.1, 0.15) is 17.1 Å². The van der Waals surface area contributed by atoms with Crippen LogP contribution in [0.15, 0.2) is 9.59 Å². The number of aromatic nitrogens is 4. The van der Waals surface area contributed by atoms with Gasteiger partial charge in [-0.1, -0.05) is 6.92 Å². The lowest BCUT2D eigenvalue weighted by molar-refractivity contribution is -0.117. The van der Waals surface area contributed by atoms with Crippen molar-refractivity contribution in [1.29, 1.82) is 0 Å². The second-order valence-electron chi connectivity index (χ2n) is 9.01. The van der Waals surface area contributed by atoms with E-state index >= 15 is 0 Å². The number of H-pyrrole nitrogens is 1.